The van der Waals surface area contributed by atoms with Gasteiger partial charge in [-0.3, -0.25) is 14.6 Å². The first kappa shape index (κ1) is 32.7. The predicted octanol–water partition coefficient (Wildman–Crippen LogP) is 3.23. The van der Waals surface area contributed by atoms with Gasteiger partial charge in [0.15, 0.2) is 0 Å². The van der Waals surface area contributed by atoms with Gasteiger partial charge in [0.2, 0.25) is 0 Å². The number of piperazine rings is 1. The Kier molecular flexibility index (Phi) is 15.0. The molecule has 0 bridgehead atoms. The summed E-state index contributed by atoms with van der Waals surface area (Å²) in [5, 5.41) is 16.1. The third kappa shape index (κ3) is 9.54. The van der Waals surface area contributed by atoms with E-state index < -0.39 is 5.97 Å². The van der Waals surface area contributed by atoms with Crippen molar-refractivity contribution in [2.24, 2.45) is 0 Å². The van der Waals surface area contributed by atoms with Gasteiger partial charge in [-0.05, 0) is 57.2 Å². The molecule has 1 saturated carbocycles. The van der Waals surface area contributed by atoms with Crippen LogP contribution in [-0.2, 0) is 11.3 Å². The number of carbonyl (C=O) groups excluding carboxylic acids is 1. The number of nitrogens with zero attached hydrogens (tertiary/aromatic N) is 3. The minimum atomic E-state index is -0.787. The molecule has 1 aromatic rings. The number of nitrogens with one attached hydrogen (secondary N) is 2. The highest BCUT2D eigenvalue weighted by molar-refractivity contribution is 5.86. The molecule has 0 spiro atoms. The van der Waals surface area contributed by atoms with Crippen LogP contribution in [0, 0.1) is 0 Å². The van der Waals surface area contributed by atoms with E-state index in [2.05, 4.69) is 20.4 Å². The number of rotatable bonds is 7. The maximum absolute atomic E-state index is 12.8. The second-order valence-electron chi connectivity index (χ2n) is 9.74. The lowest BCUT2D eigenvalue weighted by Gasteiger charge is -2.41. The first-order valence-corrected chi connectivity index (χ1v) is 12.6. The predicted molar refractivity (Wildman–Crippen MR) is 150 cm³/mol. The molecule has 2 aliphatic heterocycles. The molecule has 0 radical (unpaired) electrons. The van der Waals surface area contributed by atoms with Crippen LogP contribution in [0.5, 0.6) is 0 Å². The number of benzene rings is 1. The van der Waals surface area contributed by atoms with Crippen molar-refractivity contribution in [3.8, 4) is 0 Å². The number of carbonyl (C=O) groups is 2. The summed E-state index contributed by atoms with van der Waals surface area (Å²) in [5.74, 6) is -0.787. The highest BCUT2D eigenvalue weighted by Gasteiger charge is 2.31. The molecule has 1 aromatic carbocycles. The van der Waals surface area contributed by atoms with E-state index in [-0.39, 0.29) is 61.9 Å². The van der Waals surface area contributed by atoms with Crippen molar-refractivity contribution in [3.63, 3.8) is 0 Å². The summed E-state index contributed by atoms with van der Waals surface area (Å²) in [4.78, 5) is 30.9. The number of amides is 2. The summed E-state index contributed by atoms with van der Waals surface area (Å²) in [7, 11) is 0. The molecule has 3 aliphatic rings. The normalized spacial score (nSPS) is 23.1. The fourth-order valence-corrected chi connectivity index (χ4v) is 5.62. The molecule has 4 rings (SSSR count). The van der Waals surface area contributed by atoms with Gasteiger partial charge in [0, 0.05) is 50.8 Å². The molecule has 2 amide bonds. The van der Waals surface area contributed by atoms with Crippen molar-refractivity contribution >= 4 is 49.2 Å². The van der Waals surface area contributed by atoms with E-state index in [0.717, 1.165) is 70.5 Å². The van der Waals surface area contributed by atoms with Gasteiger partial charge in [-0.1, -0.05) is 30.3 Å². The minimum Gasteiger partial charge on any atom is -0.480 e. The smallest absolute Gasteiger partial charge is 0.317 e. The lowest BCUT2D eigenvalue weighted by molar-refractivity contribution is -0.139. The Hall–Kier alpha value is -1.29. The summed E-state index contributed by atoms with van der Waals surface area (Å²) in [6.07, 6.45) is 6.03. The second kappa shape index (κ2) is 16.5. The molecule has 2 heterocycles. The zero-order valence-corrected chi connectivity index (χ0v) is 23.3. The molecular weight excluding hydrogens is 525 g/mol. The molecule has 1 aliphatic carbocycles. The Morgan fingerprint density at radius 1 is 0.917 bits per heavy atom. The first-order chi connectivity index (χ1) is 16.1. The molecule has 206 valence electrons. The van der Waals surface area contributed by atoms with Crippen LogP contribution in [-0.4, -0.2) is 95.7 Å². The summed E-state index contributed by atoms with van der Waals surface area (Å²) in [6.45, 7) is 6.44. The van der Waals surface area contributed by atoms with Crippen LogP contribution in [0.4, 0.5) is 4.79 Å². The van der Waals surface area contributed by atoms with E-state index in [0.29, 0.717) is 12.6 Å². The van der Waals surface area contributed by atoms with Crippen molar-refractivity contribution in [3.05, 3.63) is 35.9 Å². The Labute approximate surface area is 233 Å². The van der Waals surface area contributed by atoms with E-state index in [4.69, 9.17) is 0 Å². The van der Waals surface area contributed by atoms with Crippen LogP contribution in [0.3, 0.4) is 0 Å². The van der Waals surface area contributed by atoms with Crippen LogP contribution in [0.15, 0.2) is 30.3 Å². The van der Waals surface area contributed by atoms with Crippen molar-refractivity contribution < 1.29 is 14.7 Å². The molecule has 0 atom stereocenters. The Balaban J connectivity index is 0.00000216. The average Bonchev–Trinajstić information content (AvgIpc) is 2.85. The number of hydrogen-bond acceptors (Lipinski definition) is 5. The molecule has 3 N–H and O–H groups in total. The van der Waals surface area contributed by atoms with E-state index >= 15 is 0 Å². The molecule has 11 heteroatoms. The summed E-state index contributed by atoms with van der Waals surface area (Å²) in [6, 6.07) is 11.2. The molecule has 0 unspecified atom stereocenters. The largest absolute Gasteiger partial charge is 0.480 e. The fraction of sp³-hybridized carbons (Fsp3) is 0.680. The van der Waals surface area contributed by atoms with Crippen LogP contribution in [0.1, 0.15) is 44.1 Å². The van der Waals surface area contributed by atoms with Gasteiger partial charge in [0.05, 0.1) is 6.54 Å². The summed E-state index contributed by atoms with van der Waals surface area (Å²) >= 11 is 0. The van der Waals surface area contributed by atoms with Gasteiger partial charge in [-0.15, -0.1) is 37.2 Å². The van der Waals surface area contributed by atoms with E-state index in [1.54, 1.807) is 0 Å². The molecule has 3 fully saturated rings. The third-order valence-electron chi connectivity index (χ3n) is 7.53. The molecule has 36 heavy (non-hydrogen) atoms. The standard InChI is InChI=1S/C25H39N5O3.3ClH/c31-24(32)19-30(18-20-4-2-1-3-5-20)22-8-6-21(7-9-22)27-25(33)29-16-14-28(15-17-29)23-10-12-26-13-11-23;;;/h1-5,21-23,26H,6-19H2,(H,27,33)(H,31,32);3*1H. The third-order valence-corrected chi connectivity index (χ3v) is 7.53. The van der Waals surface area contributed by atoms with Gasteiger partial charge in [0.25, 0.3) is 0 Å². The quantitative estimate of drug-likeness (QED) is 0.470. The second-order valence-corrected chi connectivity index (χ2v) is 9.74. The molecule has 2 saturated heterocycles. The zero-order chi connectivity index (χ0) is 23.0. The monoisotopic (exact) mass is 565 g/mol. The topological polar surface area (TPSA) is 88.1 Å². The van der Waals surface area contributed by atoms with Gasteiger partial charge in [-0.25, -0.2) is 4.79 Å². The lowest BCUT2D eigenvalue weighted by Crippen LogP contribution is -2.57. The van der Waals surface area contributed by atoms with Crippen LogP contribution < -0.4 is 10.6 Å². The maximum atomic E-state index is 12.8. The van der Waals surface area contributed by atoms with Crippen LogP contribution in [0.2, 0.25) is 0 Å². The number of hydrogen-bond donors (Lipinski definition) is 3. The van der Waals surface area contributed by atoms with E-state index in [9.17, 15) is 14.7 Å². The Morgan fingerprint density at radius 3 is 2.11 bits per heavy atom. The zero-order valence-electron chi connectivity index (χ0n) is 20.8. The first-order valence-electron chi connectivity index (χ1n) is 12.6. The maximum Gasteiger partial charge on any atom is 0.317 e. The molecule has 8 nitrogen and oxygen atoms in total. The van der Waals surface area contributed by atoms with Crippen molar-refractivity contribution in [1.29, 1.82) is 0 Å². The molecular formula is C25H42Cl3N5O3. The highest BCUT2D eigenvalue weighted by Crippen LogP contribution is 2.25. The van der Waals surface area contributed by atoms with Crippen molar-refractivity contribution in [2.45, 2.75) is 63.2 Å². The Bertz CT molecular complexity index is 769. The van der Waals surface area contributed by atoms with Gasteiger partial charge in [-0.2, -0.15) is 0 Å². The van der Waals surface area contributed by atoms with Gasteiger partial charge >= 0.3 is 12.0 Å². The molecule has 0 aromatic heterocycles. The number of halogens is 3. The number of urea groups is 1. The number of carboxylic acid groups (broad SMARTS) is 1. The average molecular weight is 567 g/mol. The van der Waals surface area contributed by atoms with Gasteiger partial charge in [0.1, 0.15) is 0 Å². The highest BCUT2D eigenvalue weighted by atomic mass is 35.5. The Morgan fingerprint density at radius 2 is 1.53 bits per heavy atom. The fourth-order valence-electron chi connectivity index (χ4n) is 5.62. The lowest BCUT2D eigenvalue weighted by atomic mass is 9.90. The SMILES string of the molecule is Cl.Cl.Cl.O=C(O)CN(Cc1ccccc1)C1CCC(NC(=O)N2CCN(C3CCNCC3)CC2)CC1. The van der Waals surface area contributed by atoms with Gasteiger partial charge < -0.3 is 20.6 Å². The van der Waals surface area contributed by atoms with Crippen molar-refractivity contribution in [1.82, 2.24) is 25.3 Å². The van der Waals surface area contributed by atoms with Crippen LogP contribution in [0.25, 0.3) is 0 Å². The number of carboxylic acids is 1. The van der Waals surface area contributed by atoms with E-state index in [1.165, 1.54) is 12.8 Å². The minimum absolute atomic E-state index is 0. The van der Waals surface area contributed by atoms with Crippen molar-refractivity contribution in [2.75, 3.05) is 45.8 Å². The summed E-state index contributed by atoms with van der Waals surface area (Å²) in [5.41, 5.74) is 1.14. The summed E-state index contributed by atoms with van der Waals surface area (Å²) < 4.78 is 0. The van der Waals surface area contributed by atoms with E-state index in [1.807, 2.05) is 35.2 Å². The number of piperidine rings is 1. The number of aliphatic carboxylic acids is 1. The van der Waals surface area contributed by atoms with Crippen LogP contribution >= 0.6 is 37.2 Å².